The fourth-order valence-electron chi connectivity index (χ4n) is 0.736. The quantitative estimate of drug-likeness (QED) is 0.655. The van der Waals surface area contributed by atoms with Crippen LogP contribution in [0.5, 0.6) is 0 Å². The molecule has 0 aliphatic heterocycles. The van der Waals surface area contributed by atoms with Crippen molar-refractivity contribution in [1.29, 1.82) is 0 Å². The minimum atomic E-state index is -4.34. The van der Waals surface area contributed by atoms with Crippen LogP contribution in [-0.4, -0.2) is 5.11 Å². The van der Waals surface area contributed by atoms with Gasteiger partial charge >= 0.3 is 6.11 Å². The van der Waals surface area contributed by atoms with Crippen molar-refractivity contribution in [3.63, 3.8) is 0 Å². The Kier molecular flexibility index (Phi) is 2.06. The maximum atomic E-state index is 12.5. The second-order valence-electron chi connectivity index (χ2n) is 2.14. The Morgan fingerprint density at radius 1 is 1.17 bits per heavy atom. The number of hydrogen-bond donors (Lipinski definition) is 1. The molecule has 12 heavy (non-hydrogen) atoms. The van der Waals surface area contributed by atoms with Crippen LogP contribution in [0.4, 0.5) is 17.6 Å². The number of benzene rings is 1. The summed E-state index contributed by atoms with van der Waals surface area (Å²) < 4.78 is 48.9. The van der Waals surface area contributed by atoms with Gasteiger partial charge in [0.2, 0.25) is 0 Å². The molecular weight excluding hydrogens is 176 g/mol. The van der Waals surface area contributed by atoms with Crippen LogP contribution < -0.4 is 0 Å². The molecule has 0 saturated heterocycles. The Bertz CT molecular complexity index is 292. The number of hydrogen-bond acceptors (Lipinski definition) is 1. The second kappa shape index (κ2) is 2.75. The predicted molar refractivity (Wildman–Crippen MR) is 32.5 cm³/mol. The highest BCUT2D eigenvalue weighted by atomic mass is 19.3. The van der Waals surface area contributed by atoms with E-state index < -0.39 is 23.3 Å². The predicted octanol–water partition coefficient (Wildman–Crippen LogP) is 2.01. The van der Waals surface area contributed by atoms with Gasteiger partial charge in [-0.05, 0) is 12.1 Å². The second-order valence-corrected chi connectivity index (χ2v) is 2.14. The third kappa shape index (κ3) is 1.55. The molecule has 0 radical (unpaired) electrons. The first-order valence-electron chi connectivity index (χ1n) is 2.97. The van der Waals surface area contributed by atoms with Crippen molar-refractivity contribution < 1.29 is 22.7 Å². The van der Waals surface area contributed by atoms with Crippen LogP contribution in [0.1, 0.15) is 5.56 Å². The molecule has 1 nitrogen and oxygen atoms in total. The standard InChI is InChI=1S/C7H4F4O/c8-5-3-1-2-4(6(5)9)7(10,11)12/h1-3,12H. The van der Waals surface area contributed by atoms with E-state index in [1.54, 1.807) is 0 Å². The monoisotopic (exact) mass is 180 g/mol. The van der Waals surface area contributed by atoms with Crippen LogP contribution in [0.2, 0.25) is 0 Å². The molecule has 0 fully saturated rings. The minimum Gasteiger partial charge on any atom is -0.332 e. The minimum absolute atomic E-state index is 0.610. The maximum absolute atomic E-state index is 12.5. The number of halogens is 4. The molecule has 0 saturated carbocycles. The molecule has 1 N–H and O–H groups in total. The number of aliphatic hydroxyl groups is 1. The van der Waals surface area contributed by atoms with Gasteiger partial charge in [-0.2, -0.15) is 8.78 Å². The van der Waals surface area contributed by atoms with Gasteiger partial charge in [0.25, 0.3) is 0 Å². The van der Waals surface area contributed by atoms with Gasteiger partial charge in [-0.25, -0.2) is 8.78 Å². The Labute approximate surface area is 65.3 Å². The molecule has 0 aliphatic rings. The number of alkyl halides is 2. The highest BCUT2D eigenvalue weighted by Crippen LogP contribution is 2.27. The third-order valence-corrected chi connectivity index (χ3v) is 1.28. The number of rotatable bonds is 1. The molecule has 0 atom stereocenters. The van der Waals surface area contributed by atoms with E-state index in [1.807, 2.05) is 0 Å². The third-order valence-electron chi connectivity index (χ3n) is 1.28. The van der Waals surface area contributed by atoms with Gasteiger partial charge < -0.3 is 5.11 Å². The lowest BCUT2D eigenvalue weighted by Crippen LogP contribution is -2.14. The fraction of sp³-hybridized carbons (Fsp3) is 0.143. The molecule has 66 valence electrons. The van der Waals surface area contributed by atoms with E-state index >= 15 is 0 Å². The van der Waals surface area contributed by atoms with E-state index in [2.05, 4.69) is 0 Å². The molecule has 1 rings (SSSR count). The SMILES string of the molecule is OC(F)(F)c1cccc(F)c1F. The zero-order chi connectivity index (χ0) is 9.35. The summed E-state index contributed by atoms with van der Waals surface area (Å²) in [7, 11) is 0. The van der Waals surface area contributed by atoms with Gasteiger partial charge in [-0.15, -0.1) is 0 Å². The van der Waals surface area contributed by atoms with Gasteiger partial charge in [-0.3, -0.25) is 0 Å². The molecule has 0 unspecified atom stereocenters. The topological polar surface area (TPSA) is 20.2 Å². The summed E-state index contributed by atoms with van der Waals surface area (Å²) in [4.78, 5) is 0. The summed E-state index contributed by atoms with van der Waals surface area (Å²) in [6.07, 6.45) is -4.34. The first kappa shape index (κ1) is 8.99. The largest absolute Gasteiger partial charge is 0.383 e. The average molecular weight is 180 g/mol. The van der Waals surface area contributed by atoms with Crippen LogP contribution in [-0.2, 0) is 6.11 Å². The van der Waals surface area contributed by atoms with Gasteiger partial charge in [-0.1, -0.05) is 6.07 Å². The maximum Gasteiger partial charge on any atom is 0.383 e. The lowest BCUT2D eigenvalue weighted by molar-refractivity contribution is -0.210. The summed E-state index contributed by atoms with van der Waals surface area (Å²) in [5.74, 6) is -3.15. The molecule has 5 heteroatoms. The average Bonchev–Trinajstić information content (AvgIpc) is 1.92. The molecule has 1 aromatic rings. The van der Waals surface area contributed by atoms with Gasteiger partial charge in [0.05, 0.1) is 5.56 Å². The fourth-order valence-corrected chi connectivity index (χ4v) is 0.736. The van der Waals surface area contributed by atoms with Crippen molar-refractivity contribution in [2.75, 3.05) is 0 Å². The lowest BCUT2D eigenvalue weighted by atomic mass is 10.2. The Balaban J connectivity index is 3.26. The summed E-state index contributed by atoms with van der Waals surface area (Å²) in [6, 6.07) is 2.18. The summed E-state index contributed by atoms with van der Waals surface area (Å²) in [6.45, 7) is 0. The normalized spacial score (nSPS) is 11.8. The molecule has 0 heterocycles. The van der Waals surface area contributed by atoms with E-state index in [1.165, 1.54) is 0 Å². The molecule has 0 aliphatic carbocycles. The van der Waals surface area contributed by atoms with Gasteiger partial charge in [0.15, 0.2) is 11.6 Å². The van der Waals surface area contributed by atoms with Crippen molar-refractivity contribution >= 4 is 0 Å². The lowest BCUT2D eigenvalue weighted by Gasteiger charge is -2.09. The van der Waals surface area contributed by atoms with Gasteiger partial charge in [0, 0.05) is 0 Å². The molecule has 0 amide bonds. The zero-order valence-electron chi connectivity index (χ0n) is 5.69. The first-order valence-corrected chi connectivity index (χ1v) is 2.97. The van der Waals surface area contributed by atoms with Crippen molar-refractivity contribution in [3.05, 3.63) is 35.4 Å². The zero-order valence-corrected chi connectivity index (χ0v) is 5.69. The highest BCUT2D eigenvalue weighted by Gasteiger charge is 2.32. The van der Waals surface area contributed by atoms with Gasteiger partial charge in [0.1, 0.15) is 0 Å². The van der Waals surface area contributed by atoms with Crippen molar-refractivity contribution in [1.82, 2.24) is 0 Å². The Morgan fingerprint density at radius 3 is 2.17 bits per heavy atom. The summed E-state index contributed by atoms with van der Waals surface area (Å²) >= 11 is 0. The van der Waals surface area contributed by atoms with E-state index in [0.29, 0.717) is 12.1 Å². The van der Waals surface area contributed by atoms with Crippen LogP contribution >= 0.6 is 0 Å². The Morgan fingerprint density at radius 2 is 1.75 bits per heavy atom. The van der Waals surface area contributed by atoms with Crippen LogP contribution in [0.15, 0.2) is 18.2 Å². The van der Waals surface area contributed by atoms with Crippen LogP contribution in [0.3, 0.4) is 0 Å². The van der Waals surface area contributed by atoms with E-state index in [0.717, 1.165) is 6.07 Å². The van der Waals surface area contributed by atoms with Crippen molar-refractivity contribution in [2.24, 2.45) is 0 Å². The van der Waals surface area contributed by atoms with E-state index in [4.69, 9.17) is 5.11 Å². The van der Waals surface area contributed by atoms with Crippen molar-refractivity contribution in [2.45, 2.75) is 6.11 Å². The first-order chi connectivity index (χ1) is 5.43. The molecule has 0 spiro atoms. The summed E-state index contributed by atoms with van der Waals surface area (Å²) in [5.41, 5.74) is -1.36. The van der Waals surface area contributed by atoms with Crippen LogP contribution in [0, 0.1) is 11.6 Å². The molecule has 0 aromatic heterocycles. The molecule has 0 bridgehead atoms. The molecule has 1 aromatic carbocycles. The van der Waals surface area contributed by atoms with E-state index in [9.17, 15) is 17.6 Å². The smallest absolute Gasteiger partial charge is 0.332 e. The highest BCUT2D eigenvalue weighted by molar-refractivity contribution is 5.21. The van der Waals surface area contributed by atoms with Crippen LogP contribution in [0.25, 0.3) is 0 Å². The van der Waals surface area contributed by atoms with E-state index in [-0.39, 0.29) is 0 Å². The Hall–Kier alpha value is -1.10. The summed E-state index contributed by atoms with van der Waals surface area (Å²) in [5, 5.41) is 8.05. The molecular formula is C7H4F4O. The van der Waals surface area contributed by atoms with Crippen molar-refractivity contribution in [3.8, 4) is 0 Å².